The molecule has 0 spiro atoms. The van der Waals surface area contributed by atoms with E-state index in [0.29, 0.717) is 18.9 Å². The summed E-state index contributed by atoms with van der Waals surface area (Å²) in [5, 5.41) is 3.59. The second-order valence-electron chi connectivity index (χ2n) is 5.02. The third-order valence-corrected chi connectivity index (χ3v) is 3.99. The molecule has 0 amide bonds. The zero-order chi connectivity index (χ0) is 12.7. The summed E-state index contributed by atoms with van der Waals surface area (Å²) in [5.74, 6) is 0.564. The Kier molecular flexibility index (Phi) is 5.96. The van der Waals surface area contributed by atoms with E-state index in [0.717, 1.165) is 19.4 Å². The molecule has 0 saturated heterocycles. The lowest BCUT2D eigenvalue weighted by Crippen LogP contribution is -2.54. The number of hydrogen-bond donors (Lipinski definition) is 1. The summed E-state index contributed by atoms with van der Waals surface area (Å²) < 4.78 is 5.13. The van der Waals surface area contributed by atoms with Crippen LogP contribution in [-0.2, 0) is 9.53 Å². The maximum absolute atomic E-state index is 11.8. The van der Waals surface area contributed by atoms with E-state index in [1.807, 2.05) is 6.92 Å². The highest BCUT2D eigenvalue weighted by molar-refractivity contribution is 5.71. The van der Waals surface area contributed by atoms with Crippen molar-refractivity contribution in [3.8, 4) is 0 Å². The number of carbonyl (C=O) groups is 1. The quantitative estimate of drug-likeness (QED) is 0.727. The van der Waals surface area contributed by atoms with Gasteiger partial charge in [0.05, 0.1) is 13.0 Å². The predicted molar refractivity (Wildman–Crippen MR) is 69.9 cm³/mol. The van der Waals surface area contributed by atoms with Crippen molar-refractivity contribution in [1.82, 2.24) is 5.32 Å². The molecule has 0 aliphatic heterocycles. The average molecular weight is 241 g/mol. The minimum absolute atomic E-state index is 0.00595. The summed E-state index contributed by atoms with van der Waals surface area (Å²) in [7, 11) is 0. The number of esters is 1. The topological polar surface area (TPSA) is 38.3 Å². The van der Waals surface area contributed by atoms with Gasteiger partial charge in [0, 0.05) is 5.54 Å². The number of nitrogens with one attached hydrogen (secondary N) is 1. The van der Waals surface area contributed by atoms with Crippen molar-refractivity contribution < 1.29 is 9.53 Å². The molecule has 100 valence electrons. The van der Waals surface area contributed by atoms with Crippen LogP contribution < -0.4 is 5.32 Å². The van der Waals surface area contributed by atoms with E-state index >= 15 is 0 Å². The van der Waals surface area contributed by atoms with Crippen LogP contribution >= 0.6 is 0 Å². The number of hydrogen-bond acceptors (Lipinski definition) is 3. The average Bonchev–Trinajstić information content (AvgIpc) is 2.30. The van der Waals surface area contributed by atoms with Gasteiger partial charge in [-0.05, 0) is 32.2 Å². The number of carbonyl (C=O) groups excluding carboxylic acids is 1. The molecule has 0 aromatic heterocycles. The maximum Gasteiger partial charge on any atom is 0.307 e. The van der Waals surface area contributed by atoms with E-state index in [2.05, 4.69) is 19.2 Å². The van der Waals surface area contributed by atoms with Gasteiger partial charge in [0.1, 0.15) is 0 Å². The number of ether oxygens (including phenoxy) is 1. The van der Waals surface area contributed by atoms with Gasteiger partial charge in [0.15, 0.2) is 0 Å². The summed E-state index contributed by atoms with van der Waals surface area (Å²) in [5.41, 5.74) is -0.00595. The van der Waals surface area contributed by atoms with Crippen LogP contribution in [0.4, 0.5) is 0 Å². The lowest BCUT2D eigenvalue weighted by atomic mass is 9.69. The van der Waals surface area contributed by atoms with Gasteiger partial charge in [-0.3, -0.25) is 4.79 Å². The Balaban J connectivity index is 2.74. The van der Waals surface area contributed by atoms with Gasteiger partial charge < -0.3 is 10.1 Å². The fraction of sp³-hybridized carbons (Fsp3) is 0.929. The minimum atomic E-state index is -0.0474. The third-order valence-electron chi connectivity index (χ3n) is 3.99. The van der Waals surface area contributed by atoms with Gasteiger partial charge in [-0.1, -0.05) is 33.1 Å². The largest absolute Gasteiger partial charge is 0.466 e. The minimum Gasteiger partial charge on any atom is -0.466 e. The lowest BCUT2D eigenvalue weighted by Gasteiger charge is -2.44. The third kappa shape index (κ3) is 3.70. The normalized spacial score (nSPS) is 29.0. The Hall–Kier alpha value is -0.570. The molecule has 0 aromatic carbocycles. The maximum atomic E-state index is 11.8. The van der Waals surface area contributed by atoms with Crippen LogP contribution in [0.1, 0.15) is 59.3 Å². The van der Waals surface area contributed by atoms with E-state index in [-0.39, 0.29) is 11.5 Å². The van der Waals surface area contributed by atoms with Crippen LogP contribution in [0.15, 0.2) is 0 Å². The van der Waals surface area contributed by atoms with Crippen LogP contribution in [0.2, 0.25) is 0 Å². The van der Waals surface area contributed by atoms with Gasteiger partial charge in [-0.2, -0.15) is 0 Å². The molecule has 1 saturated carbocycles. The van der Waals surface area contributed by atoms with Crippen molar-refractivity contribution in [3.63, 3.8) is 0 Å². The molecule has 1 N–H and O–H groups in total. The Morgan fingerprint density at radius 2 is 2.12 bits per heavy atom. The Morgan fingerprint density at radius 3 is 2.71 bits per heavy atom. The van der Waals surface area contributed by atoms with Crippen LogP contribution in [-0.4, -0.2) is 24.7 Å². The molecule has 3 nitrogen and oxygen atoms in total. The molecule has 0 bridgehead atoms. The first-order chi connectivity index (χ1) is 8.18. The van der Waals surface area contributed by atoms with E-state index in [9.17, 15) is 4.79 Å². The zero-order valence-electron chi connectivity index (χ0n) is 11.6. The van der Waals surface area contributed by atoms with Crippen LogP contribution in [0, 0.1) is 5.92 Å². The molecule has 17 heavy (non-hydrogen) atoms. The first kappa shape index (κ1) is 14.5. The molecule has 1 aliphatic rings. The van der Waals surface area contributed by atoms with E-state index < -0.39 is 0 Å². The Labute approximate surface area is 105 Å². The number of rotatable bonds is 6. The van der Waals surface area contributed by atoms with Crippen molar-refractivity contribution >= 4 is 5.97 Å². The van der Waals surface area contributed by atoms with Gasteiger partial charge in [-0.25, -0.2) is 0 Å². The summed E-state index contributed by atoms with van der Waals surface area (Å²) in [6.07, 6.45) is 6.55. The SMILES string of the molecule is CCNC1(CC(=O)OCC)CCCCC1CC. The highest BCUT2D eigenvalue weighted by Gasteiger charge is 2.40. The summed E-state index contributed by atoms with van der Waals surface area (Å²) in [6, 6.07) is 0. The fourth-order valence-electron chi connectivity index (χ4n) is 3.26. The van der Waals surface area contributed by atoms with Gasteiger partial charge >= 0.3 is 5.97 Å². The second-order valence-corrected chi connectivity index (χ2v) is 5.02. The first-order valence-electron chi connectivity index (χ1n) is 7.09. The molecular weight excluding hydrogens is 214 g/mol. The standard InChI is InChI=1S/C14H27NO2/c1-4-12-9-7-8-10-14(12,15-5-2)11-13(16)17-6-3/h12,15H,4-11H2,1-3H3. The molecule has 2 unspecified atom stereocenters. The van der Waals surface area contributed by atoms with Gasteiger partial charge in [-0.15, -0.1) is 0 Å². The van der Waals surface area contributed by atoms with Crippen molar-refractivity contribution in [3.05, 3.63) is 0 Å². The van der Waals surface area contributed by atoms with Crippen molar-refractivity contribution in [2.75, 3.05) is 13.2 Å². The lowest BCUT2D eigenvalue weighted by molar-refractivity contribution is -0.146. The molecule has 0 radical (unpaired) electrons. The van der Waals surface area contributed by atoms with E-state index in [1.165, 1.54) is 19.3 Å². The van der Waals surface area contributed by atoms with Gasteiger partial charge in [0.2, 0.25) is 0 Å². The van der Waals surface area contributed by atoms with Gasteiger partial charge in [0.25, 0.3) is 0 Å². The monoisotopic (exact) mass is 241 g/mol. The van der Waals surface area contributed by atoms with E-state index in [1.54, 1.807) is 0 Å². The molecule has 3 heteroatoms. The van der Waals surface area contributed by atoms with Crippen LogP contribution in [0.3, 0.4) is 0 Å². The summed E-state index contributed by atoms with van der Waals surface area (Å²) >= 11 is 0. The van der Waals surface area contributed by atoms with Crippen LogP contribution in [0.5, 0.6) is 0 Å². The highest BCUT2D eigenvalue weighted by atomic mass is 16.5. The van der Waals surface area contributed by atoms with Crippen molar-refractivity contribution in [2.24, 2.45) is 5.92 Å². The summed E-state index contributed by atoms with van der Waals surface area (Å²) in [6.45, 7) is 7.63. The van der Waals surface area contributed by atoms with Crippen molar-refractivity contribution in [2.45, 2.75) is 64.8 Å². The molecule has 1 aliphatic carbocycles. The molecule has 2 atom stereocenters. The zero-order valence-corrected chi connectivity index (χ0v) is 11.6. The summed E-state index contributed by atoms with van der Waals surface area (Å²) in [4.78, 5) is 11.8. The smallest absolute Gasteiger partial charge is 0.307 e. The van der Waals surface area contributed by atoms with Crippen molar-refractivity contribution in [1.29, 1.82) is 0 Å². The fourth-order valence-corrected chi connectivity index (χ4v) is 3.26. The second kappa shape index (κ2) is 7.00. The highest BCUT2D eigenvalue weighted by Crippen LogP contribution is 2.38. The van der Waals surface area contributed by atoms with Crippen LogP contribution in [0.25, 0.3) is 0 Å². The predicted octanol–water partition coefficient (Wildman–Crippen LogP) is 2.89. The van der Waals surface area contributed by atoms with E-state index in [4.69, 9.17) is 4.74 Å². The molecular formula is C14H27NO2. The molecule has 0 heterocycles. The Bertz CT molecular complexity index is 238. The molecule has 1 fully saturated rings. The Morgan fingerprint density at radius 1 is 1.35 bits per heavy atom. The molecule has 1 rings (SSSR count). The molecule has 0 aromatic rings. The first-order valence-corrected chi connectivity index (χ1v) is 7.09.